The molecule has 5 heterocycles. The monoisotopic (exact) mass is 609 g/mol. The molecule has 42 heavy (non-hydrogen) atoms. The summed E-state index contributed by atoms with van der Waals surface area (Å²) in [6, 6.07) is 0.511. The number of nitrogens with one attached hydrogen (secondary N) is 1. The molecule has 0 saturated carbocycles. The highest BCUT2D eigenvalue weighted by molar-refractivity contribution is 6.36. The van der Waals surface area contributed by atoms with Gasteiger partial charge in [0.25, 0.3) is 0 Å². The molecule has 0 spiro atoms. The summed E-state index contributed by atoms with van der Waals surface area (Å²) >= 11 is 6.70. The molecule has 1 aliphatic heterocycles. The minimum Gasteiger partial charge on any atom is -0.474 e. The van der Waals surface area contributed by atoms with Gasteiger partial charge in [-0.25, -0.2) is 15.0 Å². The Kier molecular flexibility index (Phi) is 8.65. The highest BCUT2D eigenvalue weighted by Gasteiger charge is 2.38. The van der Waals surface area contributed by atoms with Crippen molar-refractivity contribution >= 4 is 40.3 Å². The standard InChI is InChI=1S/C25H27ClF3N9O4/c1-37-21-19(26)16(42-15(12-30)20-23(32-6-5-31-20)41-10-9-39-2)13-33-22(21)35-24(37)34-18-11-17(25(27,28)29)38(36-18)14-3-7-40-8-4-14/h5-6,11-14H,3-4,7-10,30H2,1-2H3,(H,33,34,35,36). The van der Waals surface area contributed by atoms with E-state index in [1.807, 2.05) is 0 Å². The zero-order valence-corrected chi connectivity index (χ0v) is 23.3. The Morgan fingerprint density at radius 2 is 1.98 bits per heavy atom. The first-order valence-electron chi connectivity index (χ1n) is 12.8. The Labute approximate surface area is 242 Å². The molecule has 1 fully saturated rings. The van der Waals surface area contributed by atoms with Crippen molar-refractivity contribution in [3.05, 3.63) is 47.3 Å². The number of halogens is 4. The third kappa shape index (κ3) is 6.05. The molecule has 0 aromatic carbocycles. The van der Waals surface area contributed by atoms with Gasteiger partial charge in [-0.2, -0.15) is 23.3 Å². The molecule has 0 bridgehead atoms. The average molecular weight is 610 g/mol. The van der Waals surface area contributed by atoms with E-state index in [1.165, 1.54) is 29.4 Å². The van der Waals surface area contributed by atoms with Gasteiger partial charge < -0.3 is 34.6 Å². The fraction of sp³-hybridized carbons (Fsp3) is 0.400. The van der Waals surface area contributed by atoms with Crippen LogP contribution in [-0.4, -0.2) is 67.8 Å². The Hall–Kier alpha value is -4.15. The molecule has 1 aliphatic rings. The van der Waals surface area contributed by atoms with Crippen LogP contribution in [0.25, 0.3) is 16.9 Å². The van der Waals surface area contributed by atoms with Gasteiger partial charge in [0.15, 0.2) is 28.7 Å². The third-order valence-corrected chi connectivity index (χ3v) is 6.77. The van der Waals surface area contributed by atoms with Gasteiger partial charge in [-0.3, -0.25) is 4.68 Å². The van der Waals surface area contributed by atoms with Crippen LogP contribution in [-0.2, 0) is 22.7 Å². The fourth-order valence-electron chi connectivity index (χ4n) is 4.39. The summed E-state index contributed by atoms with van der Waals surface area (Å²) in [6.07, 6.45) is 1.67. The van der Waals surface area contributed by atoms with Crippen LogP contribution in [0.3, 0.4) is 0 Å². The lowest BCUT2D eigenvalue weighted by Gasteiger charge is -2.24. The van der Waals surface area contributed by atoms with Gasteiger partial charge in [0, 0.05) is 52.0 Å². The van der Waals surface area contributed by atoms with Crippen LogP contribution in [0.5, 0.6) is 11.6 Å². The van der Waals surface area contributed by atoms with Crippen LogP contribution < -0.4 is 20.5 Å². The van der Waals surface area contributed by atoms with Crippen molar-refractivity contribution in [3.63, 3.8) is 0 Å². The van der Waals surface area contributed by atoms with E-state index in [9.17, 15) is 13.2 Å². The number of hydrogen-bond acceptors (Lipinski definition) is 11. The quantitative estimate of drug-likeness (QED) is 0.198. The molecular formula is C25H27ClF3N9O4. The first kappa shape index (κ1) is 29.3. The average Bonchev–Trinajstić information content (AvgIpc) is 3.55. The summed E-state index contributed by atoms with van der Waals surface area (Å²) in [4.78, 5) is 17.1. The minimum atomic E-state index is -4.60. The molecular weight excluding hydrogens is 583 g/mol. The second-order valence-electron chi connectivity index (χ2n) is 9.11. The van der Waals surface area contributed by atoms with E-state index in [0.717, 1.165) is 10.7 Å². The maximum atomic E-state index is 13.8. The van der Waals surface area contributed by atoms with Gasteiger partial charge in [0.05, 0.1) is 18.8 Å². The maximum Gasteiger partial charge on any atom is 0.433 e. The third-order valence-electron chi connectivity index (χ3n) is 6.40. The van der Waals surface area contributed by atoms with Crippen molar-refractivity contribution in [2.75, 3.05) is 38.9 Å². The Bertz CT molecular complexity index is 1590. The molecule has 0 amide bonds. The van der Waals surface area contributed by atoms with E-state index in [-0.39, 0.29) is 52.1 Å². The fourth-order valence-corrected chi connectivity index (χ4v) is 4.69. The number of pyridine rings is 1. The van der Waals surface area contributed by atoms with Crippen molar-refractivity contribution < 1.29 is 32.1 Å². The second kappa shape index (κ2) is 12.4. The van der Waals surface area contributed by atoms with Crippen molar-refractivity contribution in [2.45, 2.75) is 25.1 Å². The number of nitrogens with zero attached hydrogens (tertiary/aromatic N) is 7. The van der Waals surface area contributed by atoms with Crippen LogP contribution in [0.1, 0.15) is 30.3 Å². The number of aromatic nitrogens is 7. The van der Waals surface area contributed by atoms with E-state index in [2.05, 4.69) is 30.4 Å². The lowest BCUT2D eigenvalue weighted by Crippen LogP contribution is -2.25. The largest absolute Gasteiger partial charge is 0.474 e. The molecule has 3 N–H and O–H groups in total. The molecule has 0 radical (unpaired) electrons. The van der Waals surface area contributed by atoms with Crippen LogP contribution in [0.4, 0.5) is 24.9 Å². The summed E-state index contributed by atoms with van der Waals surface area (Å²) in [5.74, 6) is 0.516. The lowest BCUT2D eigenvalue weighted by molar-refractivity contribution is -0.145. The molecule has 224 valence electrons. The number of nitrogens with two attached hydrogens (primary N) is 1. The Morgan fingerprint density at radius 1 is 1.21 bits per heavy atom. The van der Waals surface area contributed by atoms with Gasteiger partial charge in [-0.05, 0) is 12.8 Å². The maximum absolute atomic E-state index is 13.8. The van der Waals surface area contributed by atoms with Gasteiger partial charge in [-0.1, -0.05) is 11.6 Å². The predicted octanol–water partition coefficient (Wildman–Crippen LogP) is 4.08. The SMILES string of the molecule is COCCOc1nccnc1C(=CN)Oc1cnc2nc(Nc3cc(C(F)(F)F)n(C4CCOCC4)n3)n(C)c2c1Cl. The van der Waals surface area contributed by atoms with E-state index in [4.69, 9.17) is 36.3 Å². The molecule has 0 atom stereocenters. The number of imidazole rings is 1. The smallest absolute Gasteiger partial charge is 0.433 e. The highest BCUT2D eigenvalue weighted by Crippen LogP contribution is 2.38. The van der Waals surface area contributed by atoms with Gasteiger partial charge in [0.1, 0.15) is 22.8 Å². The zero-order valence-electron chi connectivity index (χ0n) is 22.6. The van der Waals surface area contributed by atoms with E-state index in [0.29, 0.717) is 38.2 Å². The summed E-state index contributed by atoms with van der Waals surface area (Å²) in [5.41, 5.74) is 5.77. The molecule has 4 aromatic rings. The summed E-state index contributed by atoms with van der Waals surface area (Å²) < 4.78 is 65.9. The molecule has 4 aromatic heterocycles. The number of rotatable bonds is 10. The second-order valence-corrected chi connectivity index (χ2v) is 9.49. The molecule has 1 saturated heterocycles. The Morgan fingerprint density at radius 3 is 2.69 bits per heavy atom. The van der Waals surface area contributed by atoms with Gasteiger partial charge in [0.2, 0.25) is 11.8 Å². The van der Waals surface area contributed by atoms with E-state index in [1.54, 1.807) is 14.2 Å². The number of aryl methyl sites for hydroxylation is 1. The van der Waals surface area contributed by atoms with Gasteiger partial charge in [-0.15, -0.1) is 0 Å². The normalized spacial score (nSPS) is 14.9. The number of anilines is 2. The number of alkyl halides is 3. The van der Waals surface area contributed by atoms with Crippen molar-refractivity contribution in [2.24, 2.45) is 12.8 Å². The Balaban J connectivity index is 1.43. The van der Waals surface area contributed by atoms with Crippen LogP contribution in [0, 0.1) is 0 Å². The number of fused-ring (bicyclic) bond motifs is 1. The van der Waals surface area contributed by atoms with Crippen molar-refractivity contribution in [1.29, 1.82) is 0 Å². The lowest BCUT2D eigenvalue weighted by atomic mass is 10.1. The summed E-state index contributed by atoms with van der Waals surface area (Å²) in [5, 5.41) is 7.20. The summed E-state index contributed by atoms with van der Waals surface area (Å²) in [7, 11) is 3.17. The first-order chi connectivity index (χ1) is 20.2. The zero-order chi connectivity index (χ0) is 29.9. The van der Waals surface area contributed by atoms with Gasteiger partial charge >= 0.3 is 6.18 Å². The first-order valence-corrected chi connectivity index (χ1v) is 13.1. The molecule has 5 rings (SSSR count). The van der Waals surface area contributed by atoms with Crippen molar-refractivity contribution in [3.8, 4) is 11.6 Å². The van der Waals surface area contributed by atoms with Crippen molar-refractivity contribution in [1.82, 2.24) is 34.3 Å². The highest BCUT2D eigenvalue weighted by atomic mass is 35.5. The van der Waals surface area contributed by atoms with Crippen LogP contribution in [0.15, 0.2) is 30.9 Å². The molecule has 0 unspecified atom stereocenters. The predicted molar refractivity (Wildman–Crippen MR) is 145 cm³/mol. The number of ether oxygens (including phenoxy) is 4. The summed E-state index contributed by atoms with van der Waals surface area (Å²) in [6.45, 7) is 1.28. The minimum absolute atomic E-state index is 0.0307. The van der Waals surface area contributed by atoms with E-state index >= 15 is 0 Å². The number of hydrogen-bond donors (Lipinski definition) is 2. The molecule has 17 heteroatoms. The molecule has 0 aliphatic carbocycles. The molecule has 13 nitrogen and oxygen atoms in total. The van der Waals surface area contributed by atoms with E-state index < -0.39 is 17.9 Å². The van der Waals surface area contributed by atoms with Crippen LogP contribution >= 0.6 is 11.6 Å². The number of methoxy groups -OCH3 is 1. The van der Waals surface area contributed by atoms with Crippen LogP contribution in [0.2, 0.25) is 5.02 Å². The topological polar surface area (TPSA) is 149 Å².